The van der Waals surface area contributed by atoms with Crippen LogP contribution >= 0.6 is 0 Å². The molecule has 3 heterocycles. The van der Waals surface area contributed by atoms with Gasteiger partial charge in [0.05, 0.1) is 0 Å². The number of amides is 1. The minimum absolute atomic E-state index is 0.0220. The van der Waals surface area contributed by atoms with Crippen LogP contribution < -0.4 is 0 Å². The number of hydrogen-bond donors (Lipinski definition) is 1. The van der Waals surface area contributed by atoms with Crippen molar-refractivity contribution in [3.8, 4) is 11.1 Å². The first-order valence-corrected chi connectivity index (χ1v) is 10.4. The van der Waals surface area contributed by atoms with Gasteiger partial charge in [-0.2, -0.15) is 5.10 Å². The standard InChI is InChI=1S/C24H28N4O/c1-16(2)21-15-23(27-26-21)24(29)28-11-9-19(10-12-28)22-14-20(13-17(3)25-22)18-7-5-4-6-8-18/h4-8,13-16,19H,9-12H2,1-3H3,(H,26,27). The van der Waals surface area contributed by atoms with Crippen molar-refractivity contribution in [1.82, 2.24) is 20.1 Å². The zero-order valence-corrected chi connectivity index (χ0v) is 17.4. The van der Waals surface area contributed by atoms with Crippen LogP contribution in [0.3, 0.4) is 0 Å². The van der Waals surface area contributed by atoms with Crippen molar-refractivity contribution in [1.29, 1.82) is 0 Å². The second-order valence-corrected chi connectivity index (χ2v) is 8.22. The van der Waals surface area contributed by atoms with E-state index in [2.05, 4.69) is 67.4 Å². The number of aromatic amines is 1. The van der Waals surface area contributed by atoms with Gasteiger partial charge in [-0.1, -0.05) is 44.2 Å². The predicted octanol–water partition coefficient (Wildman–Crippen LogP) is 4.92. The number of H-pyrrole nitrogens is 1. The van der Waals surface area contributed by atoms with E-state index in [0.717, 1.165) is 43.0 Å². The molecule has 1 N–H and O–H groups in total. The number of carbonyl (C=O) groups is 1. The Morgan fingerprint density at radius 1 is 1.07 bits per heavy atom. The van der Waals surface area contributed by atoms with E-state index in [1.165, 1.54) is 11.1 Å². The maximum absolute atomic E-state index is 12.8. The molecule has 1 amide bonds. The van der Waals surface area contributed by atoms with Crippen molar-refractivity contribution in [3.05, 3.63) is 71.3 Å². The van der Waals surface area contributed by atoms with E-state index in [0.29, 0.717) is 17.5 Å². The highest BCUT2D eigenvalue weighted by Gasteiger charge is 2.27. The lowest BCUT2D eigenvalue weighted by molar-refractivity contribution is 0.0706. The van der Waals surface area contributed by atoms with Gasteiger partial charge in [-0.25, -0.2) is 0 Å². The Balaban J connectivity index is 1.45. The van der Waals surface area contributed by atoms with Crippen LogP contribution in [0.2, 0.25) is 0 Å². The van der Waals surface area contributed by atoms with Gasteiger partial charge in [0, 0.05) is 36.1 Å². The van der Waals surface area contributed by atoms with Gasteiger partial charge in [0.25, 0.3) is 5.91 Å². The Labute approximate surface area is 172 Å². The quantitative estimate of drug-likeness (QED) is 0.690. The third-order valence-corrected chi connectivity index (χ3v) is 5.72. The Hall–Kier alpha value is -2.95. The average molecular weight is 389 g/mol. The summed E-state index contributed by atoms with van der Waals surface area (Å²) in [7, 11) is 0. The van der Waals surface area contributed by atoms with Crippen molar-refractivity contribution in [2.45, 2.75) is 45.4 Å². The summed E-state index contributed by atoms with van der Waals surface area (Å²) in [5, 5.41) is 7.20. The van der Waals surface area contributed by atoms with Crippen molar-refractivity contribution >= 4 is 5.91 Å². The fourth-order valence-electron chi connectivity index (χ4n) is 3.98. The molecule has 4 rings (SSSR count). The number of nitrogens with zero attached hydrogens (tertiary/aromatic N) is 3. The van der Waals surface area contributed by atoms with E-state index >= 15 is 0 Å². The second kappa shape index (κ2) is 8.19. The molecule has 0 saturated carbocycles. The molecule has 150 valence electrons. The van der Waals surface area contributed by atoms with Crippen LogP contribution in [0.25, 0.3) is 11.1 Å². The minimum atomic E-state index is 0.0220. The molecule has 1 aromatic carbocycles. The van der Waals surface area contributed by atoms with Crippen LogP contribution in [0, 0.1) is 6.92 Å². The van der Waals surface area contributed by atoms with Crippen LogP contribution in [0.1, 0.15) is 66.1 Å². The van der Waals surface area contributed by atoms with Crippen molar-refractivity contribution in [3.63, 3.8) is 0 Å². The molecule has 0 bridgehead atoms. The van der Waals surface area contributed by atoms with E-state index in [9.17, 15) is 4.79 Å². The van der Waals surface area contributed by atoms with Gasteiger partial charge in [-0.05, 0) is 55.0 Å². The van der Waals surface area contributed by atoms with Gasteiger partial charge in [0.15, 0.2) is 0 Å². The lowest BCUT2D eigenvalue weighted by Gasteiger charge is -2.31. The maximum atomic E-state index is 12.8. The number of hydrogen-bond acceptors (Lipinski definition) is 3. The molecule has 1 aliphatic heterocycles. The third-order valence-electron chi connectivity index (χ3n) is 5.72. The molecule has 0 atom stereocenters. The first kappa shape index (κ1) is 19.4. The minimum Gasteiger partial charge on any atom is -0.337 e. The fraction of sp³-hybridized carbons (Fsp3) is 0.375. The molecule has 0 radical (unpaired) electrons. The number of piperidine rings is 1. The largest absolute Gasteiger partial charge is 0.337 e. The number of likely N-dealkylation sites (tertiary alicyclic amines) is 1. The molecule has 2 aromatic heterocycles. The highest BCUT2D eigenvalue weighted by molar-refractivity contribution is 5.92. The van der Waals surface area contributed by atoms with Crippen LogP contribution in [0.15, 0.2) is 48.5 Å². The molecule has 1 fully saturated rings. The van der Waals surface area contributed by atoms with Crippen LogP contribution in [-0.2, 0) is 0 Å². The Morgan fingerprint density at radius 2 is 1.79 bits per heavy atom. The fourth-order valence-corrected chi connectivity index (χ4v) is 3.98. The average Bonchev–Trinajstić information content (AvgIpc) is 3.24. The molecule has 29 heavy (non-hydrogen) atoms. The summed E-state index contributed by atoms with van der Waals surface area (Å²) in [5.74, 6) is 0.738. The van der Waals surface area contributed by atoms with Crippen molar-refractivity contribution in [2.24, 2.45) is 0 Å². The molecule has 0 spiro atoms. The summed E-state index contributed by atoms with van der Waals surface area (Å²) in [6.45, 7) is 7.71. The van der Waals surface area contributed by atoms with E-state index in [-0.39, 0.29) is 5.91 Å². The summed E-state index contributed by atoms with van der Waals surface area (Å²) in [6.07, 6.45) is 1.86. The van der Waals surface area contributed by atoms with Gasteiger partial charge < -0.3 is 4.90 Å². The van der Waals surface area contributed by atoms with Gasteiger partial charge in [-0.15, -0.1) is 0 Å². The van der Waals surface area contributed by atoms with Gasteiger partial charge >= 0.3 is 0 Å². The number of aromatic nitrogens is 3. The number of rotatable bonds is 4. The zero-order chi connectivity index (χ0) is 20.4. The molecule has 0 unspecified atom stereocenters. The summed E-state index contributed by atoms with van der Waals surface area (Å²) in [5.41, 5.74) is 6.12. The Kier molecular flexibility index (Phi) is 5.47. The molecular formula is C24H28N4O. The molecule has 0 aliphatic carbocycles. The van der Waals surface area contributed by atoms with E-state index in [4.69, 9.17) is 4.98 Å². The highest BCUT2D eigenvalue weighted by atomic mass is 16.2. The molecule has 5 nitrogen and oxygen atoms in total. The Morgan fingerprint density at radius 3 is 2.45 bits per heavy atom. The molecule has 1 saturated heterocycles. The van der Waals surface area contributed by atoms with Gasteiger partial charge in [-0.3, -0.25) is 14.9 Å². The van der Waals surface area contributed by atoms with E-state index in [1.807, 2.05) is 17.0 Å². The summed E-state index contributed by atoms with van der Waals surface area (Å²) in [4.78, 5) is 19.5. The van der Waals surface area contributed by atoms with Crippen LogP contribution in [0.5, 0.6) is 0 Å². The predicted molar refractivity (Wildman–Crippen MR) is 115 cm³/mol. The van der Waals surface area contributed by atoms with Crippen molar-refractivity contribution in [2.75, 3.05) is 13.1 Å². The summed E-state index contributed by atoms with van der Waals surface area (Å²) in [6, 6.07) is 16.7. The molecular weight excluding hydrogens is 360 g/mol. The normalized spacial score (nSPS) is 15.1. The molecule has 1 aliphatic rings. The van der Waals surface area contributed by atoms with Crippen LogP contribution in [-0.4, -0.2) is 39.1 Å². The first-order chi connectivity index (χ1) is 14.0. The van der Waals surface area contributed by atoms with E-state index in [1.54, 1.807) is 0 Å². The number of benzene rings is 1. The Bertz CT molecular complexity index is 985. The monoisotopic (exact) mass is 388 g/mol. The summed E-state index contributed by atoms with van der Waals surface area (Å²) >= 11 is 0. The van der Waals surface area contributed by atoms with Gasteiger partial charge in [0.1, 0.15) is 5.69 Å². The van der Waals surface area contributed by atoms with E-state index < -0.39 is 0 Å². The highest BCUT2D eigenvalue weighted by Crippen LogP contribution is 2.31. The second-order valence-electron chi connectivity index (χ2n) is 8.22. The summed E-state index contributed by atoms with van der Waals surface area (Å²) < 4.78 is 0. The topological polar surface area (TPSA) is 61.9 Å². The number of aryl methyl sites for hydroxylation is 1. The zero-order valence-electron chi connectivity index (χ0n) is 17.4. The van der Waals surface area contributed by atoms with Crippen LogP contribution in [0.4, 0.5) is 0 Å². The molecule has 3 aromatic rings. The maximum Gasteiger partial charge on any atom is 0.274 e. The smallest absolute Gasteiger partial charge is 0.274 e. The first-order valence-electron chi connectivity index (χ1n) is 10.4. The SMILES string of the molecule is Cc1cc(-c2ccccc2)cc(C2CCN(C(=O)c3cc(C(C)C)[nH]n3)CC2)n1. The lowest BCUT2D eigenvalue weighted by Crippen LogP contribution is -2.38. The number of pyridine rings is 1. The number of carbonyl (C=O) groups excluding carboxylic acids is 1. The molecule has 5 heteroatoms. The van der Waals surface area contributed by atoms with Crippen molar-refractivity contribution < 1.29 is 4.79 Å². The third kappa shape index (κ3) is 4.24. The number of nitrogens with one attached hydrogen (secondary N) is 1. The lowest BCUT2D eigenvalue weighted by atomic mass is 9.91. The van der Waals surface area contributed by atoms with Gasteiger partial charge in [0.2, 0.25) is 0 Å².